The third-order valence-corrected chi connectivity index (χ3v) is 3.60. The van der Waals surface area contributed by atoms with Gasteiger partial charge in [-0.2, -0.15) is 0 Å². The van der Waals surface area contributed by atoms with Crippen LogP contribution in [0.2, 0.25) is 5.02 Å². The molecule has 2 rings (SSSR count). The summed E-state index contributed by atoms with van der Waals surface area (Å²) in [6, 6.07) is 17.3. The highest BCUT2D eigenvalue weighted by Gasteiger charge is 2.12. The number of halogens is 2. The van der Waals surface area contributed by atoms with Crippen molar-refractivity contribution in [1.82, 2.24) is 4.90 Å². The molecule has 0 aliphatic rings. The molecular weight excluding hydrogens is 329 g/mol. The molecule has 0 unspecified atom stereocenters. The highest BCUT2D eigenvalue weighted by atomic mass is 35.5. The van der Waals surface area contributed by atoms with Gasteiger partial charge in [-0.15, -0.1) is 12.4 Å². The van der Waals surface area contributed by atoms with Crippen LogP contribution in [0.4, 0.5) is 0 Å². The Morgan fingerprint density at radius 3 is 2.22 bits per heavy atom. The molecule has 0 aromatic heterocycles. The molecule has 0 heterocycles. The van der Waals surface area contributed by atoms with Gasteiger partial charge < -0.3 is 4.90 Å². The molecule has 23 heavy (non-hydrogen) atoms. The van der Waals surface area contributed by atoms with E-state index in [0.29, 0.717) is 11.4 Å². The number of nitrogens with zero attached hydrogens (tertiary/aromatic N) is 1. The van der Waals surface area contributed by atoms with Crippen LogP contribution in [-0.2, 0) is 4.79 Å². The molecule has 0 fully saturated rings. The molecule has 0 aliphatic carbocycles. The van der Waals surface area contributed by atoms with E-state index < -0.39 is 0 Å². The molecular formula is C19H21Cl2NO. The molecule has 122 valence electrons. The standard InChI is InChI=1S/C19H20ClNO.ClH/c1-21(2)13-12-19(22)18(16-6-4-3-5-7-16)14-15-8-10-17(20)11-9-15;/h3-11,14H,12-13H2,1-2H3;1H/b18-14-;. The van der Waals surface area contributed by atoms with Crippen LogP contribution in [0.3, 0.4) is 0 Å². The summed E-state index contributed by atoms with van der Waals surface area (Å²) < 4.78 is 0. The fourth-order valence-electron chi connectivity index (χ4n) is 2.13. The highest BCUT2D eigenvalue weighted by molar-refractivity contribution is 6.30. The van der Waals surface area contributed by atoms with Gasteiger partial charge in [-0.25, -0.2) is 0 Å². The van der Waals surface area contributed by atoms with E-state index in [1.165, 1.54) is 0 Å². The molecule has 0 atom stereocenters. The molecule has 2 aromatic rings. The first-order valence-electron chi connectivity index (χ1n) is 7.27. The maximum atomic E-state index is 12.6. The predicted molar refractivity (Wildman–Crippen MR) is 101 cm³/mol. The number of benzene rings is 2. The van der Waals surface area contributed by atoms with Crippen molar-refractivity contribution in [3.8, 4) is 0 Å². The van der Waals surface area contributed by atoms with Gasteiger partial charge in [0.1, 0.15) is 0 Å². The number of carbonyl (C=O) groups is 1. The summed E-state index contributed by atoms with van der Waals surface area (Å²) in [5.74, 6) is 0.148. The van der Waals surface area contributed by atoms with E-state index in [9.17, 15) is 4.79 Å². The third kappa shape index (κ3) is 6.19. The van der Waals surface area contributed by atoms with E-state index >= 15 is 0 Å². The van der Waals surface area contributed by atoms with Crippen LogP contribution in [0, 0.1) is 0 Å². The van der Waals surface area contributed by atoms with Gasteiger partial charge in [0.15, 0.2) is 5.78 Å². The number of hydrogen-bond acceptors (Lipinski definition) is 2. The van der Waals surface area contributed by atoms with Crippen LogP contribution in [0.25, 0.3) is 11.6 Å². The largest absolute Gasteiger partial charge is 0.309 e. The first-order chi connectivity index (χ1) is 10.6. The maximum Gasteiger partial charge on any atom is 0.164 e. The summed E-state index contributed by atoms with van der Waals surface area (Å²) in [6.07, 6.45) is 2.44. The average molecular weight is 350 g/mol. The Kier molecular flexibility index (Phi) is 8.04. The Morgan fingerprint density at radius 2 is 1.65 bits per heavy atom. The monoisotopic (exact) mass is 349 g/mol. The molecule has 2 nitrogen and oxygen atoms in total. The predicted octanol–water partition coefficient (Wildman–Crippen LogP) is 4.82. The van der Waals surface area contributed by atoms with Crippen molar-refractivity contribution in [2.24, 2.45) is 0 Å². The van der Waals surface area contributed by atoms with Gasteiger partial charge in [0.2, 0.25) is 0 Å². The second-order valence-electron chi connectivity index (χ2n) is 5.45. The van der Waals surface area contributed by atoms with Gasteiger partial charge in [0.05, 0.1) is 0 Å². The lowest BCUT2D eigenvalue weighted by atomic mass is 9.97. The van der Waals surface area contributed by atoms with Crippen molar-refractivity contribution in [2.45, 2.75) is 6.42 Å². The summed E-state index contributed by atoms with van der Waals surface area (Å²) in [7, 11) is 3.94. The lowest BCUT2D eigenvalue weighted by Gasteiger charge is -2.11. The Bertz CT molecular complexity index is 649. The summed E-state index contributed by atoms with van der Waals surface area (Å²) in [6.45, 7) is 0.740. The van der Waals surface area contributed by atoms with Crippen LogP contribution >= 0.6 is 24.0 Å². The van der Waals surface area contributed by atoms with Crippen molar-refractivity contribution in [3.05, 3.63) is 70.7 Å². The van der Waals surface area contributed by atoms with Crippen LogP contribution in [0.1, 0.15) is 17.5 Å². The fourth-order valence-corrected chi connectivity index (χ4v) is 2.25. The first-order valence-corrected chi connectivity index (χ1v) is 7.64. The fraction of sp³-hybridized carbons (Fsp3) is 0.211. The summed E-state index contributed by atoms with van der Waals surface area (Å²) in [4.78, 5) is 14.6. The SMILES string of the molecule is CN(C)CCC(=O)/C(=C\c1ccc(Cl)cc1)c1ccccc1.Cl. The normalized spacial score (nSPS) is 11.2. The smallest absolute Gasteiger partial charge is 0.164 e. The number of allylic oxidation sites excluding steroid dienone is 1. The molecule has 0 N–H and O–H groups in total. The quantitative estimate of drug-likeness (QED) is 0.550. The van der Waals surface area contributed by atoms with E-state index in [4.69, 9.17) is 11.6 Å². The van der Waals surface area contributed by atoms with Crippen LogP contribution in [0.5, 0.6) is 0 Å². The second-order valence-corrected chi connectivity index (χ2v) is 5.89. The molecule has 0 spiro atoms. The minimum atomic E-state index is 0. The van der Waals surface area contributed by atoms with E-state index in [0.717, 1.165) is 23.2 Å². The number of rotatable bonds is 6. The van der Waals surface area contributed by atoms with E-state index in [2.05, 4.69) is 0 Å². The van der Waals surface area contributed by atoms with E-state index in [1.807, 2.05) is 79.7 Å². The first kappa shape index (κ1) is 19.4. The van der Waals surface area contributed by atoms with Gasteiger partial charge in [-0.05, 0) is 43.4 Å². The highest BCUT2D eigenvalue weighted by Crippen LogP contribution is 2.21. The Balaban J connectivity index is 0.00000264. The van der Waals surface area contributed by atoms with Crippen molar-refractivity contribution in [1.29, 1.82) is 0 Å². The molecule has 0 aliphatic heterocycles. The molecule has 2 aromatic carbocycles. The molecule has 0 amide bonds. The van der Waals surface area contributed by atoms with Gasteiger partial charge in [-0.3, -0.25) is 4.79 Å². The third-order valence-electron chi connectivity index (χ3n) is 3.35. The van der Waals surface area contributed by atoms with Gasteiger partial charge >= 0.3 is 0 Å². The Morgan fingerprint density at radius 1 is 1.04 bits per heavy atom. The lowest BCUT2D eigenvalue weighted by molar-refractivity contribution is -0.113. The second kappa shape index (κ2) is 9.51. The van der Waals surface area contributed by atoms with Crippen molar-refractivity contribution < 1.29 is 4.79 Å². The van der Waals surface area contributed by atoms with E-state index in [1.54, 1.807) is 0 Å². The van der Waals surface area contributed by atoms with Gasteiger partial charge in [-0.1, -0.05) is 54.1 Å². The Labute approximate surface area is 149 Å². The number of Topliss-reactive ketones (excluding diaryl/α,β-unsaturated/α-hetero) is 1. The Hall–Kier alpha value is -1.61. The summed E-state index contributed by atoms with van der Waals surface area (Å²) >= 11 is 5.92. The van der Waals surface area contributed by atoms with Crippen molar-refractivity contribution >= 4 is 41.4 Å². The topological polar surface area (TPSA) is 20.3 Å². The number of hydrogen-bond donors (Lipinski definition) is 0. The van der Waals surface area contributed by atoms with E-state index in [-0.39, 0.29) is 18.2 Å². The maximum absolute atomic E-state index is 12.6. The van der Waals surface area contributed by atoms with Crippen molar-refractivity contribution in [2.75, 3.05) is 20.6 Å². The van der Waals surface area contributed by atoms with Crippen LogP contribution in [-0.4, -0.2) is 31.3 Å². The van der Waals surface area contributed by atoms with Gasteiger partial charge in [0, 0.05) is 23.6 Å². The number of ketones is 1. The zero-order chi connectivity index (χ0) is 15.9. The molecule has 4 heteroatoms. The van der Waals surface area contributed by atoms with Crippen molar-refractivity contribution in [3.63, 3.8) is 0 Å². The molecule has 0 saturated heterocycles. The summed E-state index contributed by atoms with van der Waals surface area (Å²) in [5.41, 5.74) is 2.66. The van der Waals surface area contributed by atoms with Gasteiger partial charge in [0.25, 0.3) is 0 Å². The minimum Gasteiger partial charge on any atom is -0.309 e. The molecule has 0 radical (unpaired) electrons. The number of carbonyl (C=O) groups excluding carboxylic acids is 1. The van der Waals surface area contributed by atoms with Crippen LogP contribution < -0.4 is 0 Å². The molecule has 0 saturated carbocycles. The average Bonchev–Trinajstić information content (AvgIpc) is 2.53. The van der Waals surface area contributed by atoms with Crippen LogP contribution in [0.15, 0.2) is 54.6 Å². The lowest BCUT2D eigenvalue weighted by Crippen LogP contribution is -2.17. The summed E-state index contributed by atoms with van der Waals surface area (Å²) in [5, 5.41) is 0.692. The zero-order valence-electron chi connectivity index (χ0n) is 13.3. The minimum absolute atomic E-state index is 0. The zero-order valence-corrected chi connectivity index (χ0v) is 14.9. The molecule has 0 bridgehead atoms.